The lowest BCUT2D eigenvalue weighted by Crippen LogP contribution is -2.43. The van der Waals surface area contributed by atoms with Crippen LogP contribution in [-0.4, -0.2) is 31.6 Å². The molecule has 4 nitrogen and oxygen atoms in total. The molecule has 1 aliphatic heterocycles. The summed E-state index contributed by atoms with van der Waals surface area (Å²) in [5.74, 6) is -0.819. The fourth-order valence-corrected chi connectivity index (χ4v) is 3.54. The van der Waals surface area contributed by atoms with Crippen LogP contribution >= 0.6 is 0 Å². The molecule has 0 amide bonds. The average molecular weight is 271 g/mol. The molecule has 6 heteroatoms. The first-order chi connectivity index (χ1) is 8.41. The third kappa shape index (κ3) is 2.44. The molecule has 1 aromatic carbocycles. The number of benzene rings is 1. The second-order valence-corrected chi connectivity index (χ2v) is 6.38. The Bertz CT molecular complexity index is 570. The molecule has 0 spiro atoms. The quantitative estimate of drug-likeness (QED) is 0.817. The van der Waals surface area contributed by atoms with Crippen LogP contribution < -0.4 is 0 Å². The zero-order chi connectivity index (χ0) is 13.3. The minimum atomic E-state index is -3.70. The summed E-state index contributed by atoms with van der Waals surface area (Å²) in [4.78, 5) is 11.3. The van der Waals surface area contributed by atoms with E-state index in [-0.39, 0.29) is 36.1 Å². The van der Waals surface area contributed by atoms with Crippen LogP contribution in [0.5, 0.6) is 0 Å². The van der Waals surface area contributed by atoms with Crippen molar-refractivity contribution in [3.8, 4) is 0 Å². The Labute approximate surface area is 105 Å². The van der Waals surface area contributed by atoms with E-state index in [1.807, 2.05) is 0 Å². The van der Waals surface area contributed by atoms with E-state index in [0.29, 0.717) is 0 Å². The molecule has 1 atom stereocenters. The van der Waals surface area contributed by atoms with Crippen LogP contribution in [0.1, 0.15) is 13.3 Å². The van der Waals surface area contributed by atoms with E-state index in [0.717, 1.165) is 6.07 Å². The molecule has 1 heterocycles. The van der Waals surface area contributed by atoms with Gasteiger partial charge >= 0.3 is 0 Å². The number of nitrogens with zero attached hydrogens (tertiary/aromatic N) is 1. The molecule has 0 N–H and O–H groups in total. The number of carbonyl (C=O) groups excluding carboxylic acids is 1. The maximum Gasteiger partial charge on any atom is 0.243 e. The molecule has 1 saturated heterocycles. The first-order valence-electron chi connectivity index (χ1n) is 5.69. The minimum Gasteiger partial charge on any atom is -0.299 e. The van der Waals surface area contributed by atoms with Gasteiger partial charge in [-0.25, -0.2) is 12.8 Å². The molecule has 0 aliphatic carbocycles. The Balaban J connectivity index is 2.29. The highest BCUT2D eigenvalue weighted by Gasteiger charge is 2.32. The van der Waals surface area contributed by atoms with Crippen molar-refractivity contribution in [3.05, 3.63) is 30.1 Å². The smallest absolute Gasteiger partial charge is 0.243 e. The van der Waals surface area contributed by atoms with E-state index in [1.165, 1.54) is 22.5 Å². The monoisotopic (exact) mass is 271 g/mol. The van der Waals surface area contributed by atoms with Gasteiger partial charge in [0.1, 0.15) is 11.6 Å². The van der Waals surface area contributed by atoms with Crippen LogP contribution in [0.15, 0.2) is 29.2 Å². The summed E-state index contributed by atoms with van der Waals surface area (Å²) in [6.07, 6.45) is 0.218. The molecule has 0 aromatic heterocycles. The molecular formula is C12H14FNO3S. The van der Waals surface area contributed by atoms with Crippen molar-refractivity contribution in [2.24, 2.45) is 5.92 Å². The molecule has 1 fully saturated rings. The number of hydrogen-bond acceptors (Lipinski definition) is 3. The standard InChI is InChI=1S/C12H14FNO3S/c1-9-8-14(6-5-12(9)15)18(16,17)11-4-2-3-10(13)7-11/h2-4,7,9H,5-6,8H2,1H3. The van der Waals surface area contributed by atoms with Crippen molar-refractivity contribution in [3.63, 3.8) is 0 Å². The lowest BCUT2D eigenvalue weighted by atomic mass is 10.0. The molecular weight excluding hydrogens is 257 g/mol. The van der Waals surface area contributed by atoms with Gasteiger partial charge in [-0.2, -0.15) is 4.31 Å². The van der Waals surface area contributed by atoms with Crippen molar-refractivity contribution in [1.82, 2.24) is 4.31 Å². The summed E-state index contributed by atoms with van der Waals surface area (Å²) < 4.78 is 38.8. The van der Waals surface area contributed by atoms with E-state index in [4.69, 9.17) is 0 Å². The molecule has 1 aliphatic rings. The Hall–Kier alpha value is -1.27. The second-order valence-electron chi connectivity index (χ2n) is 4.44. The van der Waals surface area contributed by atoms with Gasteiger partial charge in [0.2, 0.25) is 10.0 Å². The molecule has 18 heavy (non-hydrogen) atoms. The number of Topliss-reactive ketones (excluding diaryl/α,β-unsaturated/α-hetero) is 1. The second kappa shape index (κ2) is 4.78. The number of sulfonamides is 1. The molecule has 98 valence electrons. The predicted octanol–water partition coefficient (Wildman–Crippen LogP) is 1.43. The number of carbonyl (C=O) groups is 1. The van der Waals surface area contributed by atoms with Crippen LogP contribution in [0.4, 0.5) is 4.39 Å². The van der Waals surface area contributed by atoms with Crippen LogP contribution in [0.2, 0.25) is 0 Å². The maximum atomic E-state index is 13.1. The summed E-state index contributed by atoms with van der Waals surface area (Å²) in [6, 6.07) is 4.91. The Morgan fingerprint density at radius 2 is 2.11 bits per heavy atom. The van der Waals surface area contributed by atoms with Crippen LogP contribution in [0.25, 0.3) is 0 Å². The molecule has 0 saturated carbocycles. The third-order valence-corrected chi connectivity index (χ3v) is 4.93. The van der Waals surface area contributed by atoms with Gasteiger partial charge in [0.25, 0.3) is 0 Å². The Morgan fingerprint density at radius 1 is 1.39 bits per heavy atom. The SMILES string of the molecule is CC1CN(S(=O)(=O)c2cccc(F)c2)CCC1=O. The van der Waals surface area contributed by atoms with E-state index in [1.54, 1.807) is 6.92 Å². The van der Waals surface area contributed by atoms with Gasteiger partial charge in [-0.15, -0.1) is 0 Å². The number of rotatable bonds is 2. The first-order valence-corrected chi connectivity index (χ1v) is 7.13. The van der Waals surface area contributed by atoms with Crippen molar-refractivity contribution in [2.75, 3.05) is 13.1 Å². The fraction of sp³-hybridized carbons (Fsp3) is 0.417. The highest BCUT2D eigenvalue weighted by atomic mass is 32.2. The van der Waals surface area contributed by atoms with Crippen LogP contribution in [-0.2, 0) is 14.8 Å². The number of ketones is 1. The van der Waals surface area contributed by atoms with Crippen molar-refractivity contribution >= 4 is 15.8 Å². The highest BCUT2D eigenvalue weighted by Crippen LogP contribution is 2.22. The van der Waals surface area contributed by atoms with Crippen LogP contribution in [0.3, 0.4) is 0 Å². The number of hydrogen-bond donors (Lipinski definition) is 0. The van der Waals surface area contributed by atoms with E-state index in [9.17, 15) is 17.6 Å². The van der Waals surface area contributed by atoms with Crippen molar-refractivity contribution in [2.45, 2.75) is 18.2 Å². The first kappa shape index (κ1) is 13.2. The molecule has 1 unspecified atom stereocenters. The van der Waals surface area contributed by atoms with E-state index >= 15 is 0 Å². The van der Waals surface area contributed by atoms with Crippen LogP contribution in [0, 0.1) is 11.7 Å². The maximum absolute atomic E-state index is 13.1. The molecule has 0 bridgehead atoms. The average Bonchev–Trinajstić information content (AvgIpc) is 2.32. The largest absolute Gasteiger partial charge is 0.299 e. The summed E-state index contributed by atoms with van der Waals surface area (Å²) >= 11 is 0. The van der Waals surface area contributed by atoms with Gasteiger partial charge < -0.3 is 0 Å². The normalized spacial score (nSPS) is 22.1. The Morgan fingerprint density at radius 3 is 2.72 bits per heavy atom. The predicted molar refractivity (Wildman–Crippen MR) is 63.9 cm³/mol. The zero-order valence-corrected chi connectivity index (χ0v) is 10.8. The van der Waals surface area contributed by atoms with Gasteiger partial charge in [-0.3, -0.25) is 4.79 Å². The summed E-state index contributed by atoms with van der Waals surface area (Å²) in [5, 5.41) is 0. The number of halogens is 1. The van der Waals surface area contributed by atoms with Gasteiger partial charge in [-0.1, -0.05) is 13.0 Å². The zero-order valence-electron chi connectivity index (χ0n) is 9.97. The van der Waals surface area contributed by atoms with Gasteiger partial charge in [-0.05, 0) is 18.2 Å². The molecule has 0 radical (unpaired) electrons. The Kier molecular flexibility index (Phi) is 3.49. The number of piperidine rings is 1. The molecule has 1 aromatic rings. The lowest BCUT2D eigenvalue weighted by Gasteiger charge is -2.29. The van der Waals surface area contributed by atoms with E-state index < -0.39 is 15.8 Å². The topological polar surface area (TPSA) is 54.5 Å². The summed E-state index contributed by atoms with van der Waals surface area (Å²) in [5.41, 5.74) is 0. The highest BCUT2D eigenvalue weighted by molar-refractivity contribution is 7.89. The minimum absolute atomic E-state index is 0.0657. The summed E-state index contributed by atoms with van der Waals surface area (Å²) in [7, 11) is -3.70. The summed E-state index contributed by atoms with van der Waals surface area (Å²) in [6.45, 7) is 2.04. The van der Waals surface area contributed by atoms with E-state index in [2.05, 4.69) is 0 Å². The van der Waals surface area contributed by atoms with Crippen molar-refractivity contribution in [1.29, 1.82) is 0 Å². The fourth-order valence-electron chi connectivity index (χ4n) is 1.97. The van der Waals surface area contributed by atoms with Gasteiger partial charge in [0.15, 0.2) is 0 Å². The van der Waals surface area contributed by atoms with Gasteiger partial charge in [0.05, 0.1) is 4.90 Å². The van der Waals surface area contributed by atoms with Gasteiger partial charge in [0, 0.05) is 25.4 Å². The molecule has 2 rings (SSSR count). The lowest BCUT2D eigenvalue weighted by molar-refractivity contribution is -0.124. The van der Waals surface area contributed by atoms with Crippen molar-refractivity contribution < 1.29 is 17.6 Å². The third-order valence-electron chi connectivity index (χ3n) is 3.07.